The van der Waals surface area contributed by atoms with Crippen LogP contribution in [0.4, 0.5) is 0 Å². The van der Waals surface area contributed by atoms with E-state index in [4.69, 9.17) is 13.9 Å². The van der Waals surface area contributed by atoms with E-state index >= 15 is 0 Å². The molecule has 1 spiro atoms. The number of ether oxygens (including phenoxy) is 2. The average Bonchev–Trinajstić information content (AvgIpc) is 3.28. The van der Waals surface area contributed by atoms with Gasteiger partial charge in [0.1, 0.15) is 5.76 Å². The number of hydrogen-bond donors (Lipinski definition) is 2. The van der Waals surface area contributed by atoms with E-state index in [1.165, 1.54) is 5.75 Å². The first kappa shape index (κ1) is 18.6. The summed E-state index contributed by atoms with van der Waals surface area (Å²) >= 11 is 2.00. The zero-order chi connectivity index (χ0) is 17.4. The van der Waals surface area contributed by atoms with Crippen LogP contribution in [-0.4, -0.2) is 62.5 Å². The van der Waals surface area contributed by atoms with Crippen LogP contribution in [0.15, 0.2) is 27.8 Å². The summed E-state index contributed by atoms with van der Waals surface area (Å²) in [5, 5.41) is 7.03. The van der Waals surface area contributed by atoms with Crippen LogP contribution in [0.1, 0.15) is 25.0 Å². The van der Waals surface area contributed by atoms with E-state index in [0.29, 0.717) is 19.2 Å². The largest absolute Gasteiger partial charge is 0.469 e. The lowest BCUT2D eigenvalue weighted by atomic mass is 9.90. The molecule has 3 rings (SSSR count). The van der Waals surface area contributed by atoms with E-state index in [9.17, 15) is 0 Å². The first-order valence-electron chi connectivity index (χ1n) is 9.08. The Morgan fingerprint density at radius 1 is 1.52 bits per heavy atom. The molecule has 0 saturated carbocycles. The number of hydrogen-bond acceptors (Lipinski definition) is 5. The molecule has 2 saturated heterocycles. The second-order valence-corrected chi connectivity index (χ2v) is 7.75. The SMILES string of the molecule is COCCN=C(NCCc1ccco1)NC1CCOC2(CCSC2)C1. The van der Waals surface area contributed by atoms with Crippen molar-refractivity contribution >= 4 is 17.7 Å². The average molecular weight is 368 g/mol. The summed E-state index contributed by atoms with van der Waals surface area (Å²) in [7, 11) is 1.70. The van der Waals surface area contributed by atoms with E-state index in [1.807, 2.05) is 23.9 Å². The molecule has 2 N–H and O–H groups in total. The molecule has 0 aliphatic carbocycles. The summed E-state index contributed by atoms with van der Waals surface area (Å²) in [5.41, 5.74) is 0.0758. The topological polar surface area (TPSA) is 68.0 Å². The lowest BCUT2D eigenvalue weighted by Gasteiger charge is -2.38. The minimum absolute atomic E-state index is 0.0758. The number of aliphatic imine (C=N–C) groups is 1. The fourth-order valence-electron chi connectivity index (χ4n) is 3.37. The van der Waals surface area contributed by atoms with Crippen molar-refractivity contribution in [3.63, 3.8) is 0 Å². The zero-order valence-corrected chi connectivity index (χ0v) is 15.8. The second kappa shape index (κ2) is 9.50. The van der Waals surface area contributed by atoms with Crippen LogP contribution in [0.5, 0.6) is 0 Å². The van der Waals surface area contributed by atoms with Gasteiger partial charge < -0.3 is 24.5 Å². The van der Waals surface area contributed by atoms with Crippen LogP contribution >= 0.6 is 11.8 Å². The Morgan fingerprint density at radius 3 is 3.24 bits per heavy atom. The number of methoxy groups -OCH3 is 1. The van der Waals surface area contributed by atoms with E-state index < -0.39 is 0 Å². The fraction of sp³-hybridized carbons (Fsp3) is 0.722. The summed E-state index contributed by atoms with van der Waals surface area (Å²) < 4.78 is 16.6. The molecule has 2 aliphatic rings. The van der Waals surface area contributed by atoms with E-state index in [0.717, 1.165) is 56.3 Å². The molecular formula is C18H29N3O3S. The van der Waals surface area contributed by atoms with Crippen LogP contribution in [0.3, 0.4) is 0 Å². The van der Waals surface area contributed by atoms with Crippen molar-refractivity contribution in [2.24, 2.45) is 4.99 Å². The Labute approximate surface area is 154 Å². The fourth-order valence-corrected chi connectivity index (χ4v) is 4.75. The van der Waals surface area contributed by atoms with Crippen molar-refractivity contribution in [3.05, 3.63) is 24.2 Å². The Morgan fingerprint density at radius 2 is 2.48 bits per heavy atom. The molecule has 0 aromatic carbocycles. The smallest absolute Gasteiger partial charge is 0.191 e. The van der Waals surface area contributed by atoms with Crippen molar-refractivity contribution < 1.29 is 13.9 Å². The monoisotopic (exact) mass is 367 g/mol. The number of furan rings is 1. The maximum Gasteiger partial charge on any atom is 0.191 e. The molecule has 6 nitrogen and oxygen atoms in total. The molecule has 0 amide bonds. The lowest BCUT2D eigenvalue weighted by Crippen LogP contribution is -2.51. The van der Waals surface area contributed by atoms with Gasteiger partial charge in [-0.05, 0) is 37.1 Å². The Kier molecular flexibility index (Phi) is 7.07. The first-order valence-corrected chi connectivity index (χ1v) is 10.2. The van der Waals surface area contributed by atoms with Crippen molar-refractivity contribution in [2.45, 2.75) is 37.3 Å². The third-order valence-electron chi connectivity index (χ3n) is 4.71. The molecule has 2 fully saturated rings. The van der Waals surface area contributed by atoms with Gasteiger partial charge in [0, 0.05) is 38.5 Å². The molecule has 0 radical (unpaired) electrons. The van der Waals surface area contributed by atoms with Crippen molar-refractivity contribution in [1.82, 2.24) is 10.6 Å². The molecule has 25 heavy (non-hydrogen) atoms. The quantitative estimate of drug-likeness (QED) is 0.437. The van der Waals surface area contributed by atoms with Gasteiger partial charge in [-0.25, -0.2) is 0 Å². The van der Waals surface area contributed by atoms with Crippen molar-refractivity contribution in [3.8, 4) is 0 Å². The number of thioether (sulfide) groups is 1. The van der Waals surface area contributed by atoms with Gasteiger partial charge in [-0.1, -0.05) is 0 Å². The van der Waals surface area contributed by atoms with Crippen LogP contribution in [0.2, 0.25) is 0 Å². The number of rotatable bonds is 7. The highest BCUT2D eigenvalue weighted by Gasteiger charge is 2.40. The van der Waals surface area contributed by atoms with Crippen molar-refractivity contribution in [1.29, 1.82) is 0 Å². The number of nitrogens with zero attached hydrogens (tertiary/aromatic N) is 1. The van der Waals surface area contributed by atoms with Gasteiger partial charge in [-0.15, -0.1) is 0 Å². The summed E-state index contributed by atoms with van der Waals surface area (Å²) in [6, 6.07) is 4.32. The van der Waals surface area contributed by atoms with Gasteiger partial charge in [-0.2, -0.15) is 11.8 Å². The maximum atomic E-state index is 6.11. The minimum atomic E-state index is 0.0758. The van der Waals surface area contributed by atoms with E-state index in [-0.39, 0.29) is 5.60 Å². The van der Waals surface area contributed by atoms with E-state index in [2.05, 4.69) is 15.6 Å². The van der Waals surface area contributed by atoms with Gasteiger partial charge in [0.25, 0.3) is 0 Å². The molecular weight excluding hydrogens is 338 g/mol. The van der Waals surface area contributed by atoms with Gasteiger partial charge in [0.2, 0.25) is 0 Å². The van der Waals surface area contributed by atoms with Crippen LogP contribution in [0.25, 0.3) is 0 Å². The molecule has 2 aliphatic heterocycles. The third-order valence-corrected chi connectivity index (χ3v) is 5.93. The third kappa shape index (κ3) is 5.66. The highest BCUT2D eigenvalue weighted by Crippen LogP contribution is 2.38. The van der Waals surface area contributed by atoms with Crippen LogP contribution in [-0.2, 0) is 15.9 Å². The second-order valence-electron chi connectivity index (χ2n) is 6.65. The van der Waals surface area contributed by atoms with Crippen LogP contribution < -0.4 is 10.6 Å². The molecule has 140 valence electrons. The Bertz CT molecular complexity index is 530. The molecule has 1 aromatic rings. The van der Waals surface area contributed by atoms with Crippen molar-refractivity contribution in [2.75, 3.05) is 44.9 Å². The summed E-state index contributed by atoms with van der Waals surface area (Å²) in [6.45, 7) is 2.89. The Hall–Kier alpha value is -1.18. The lowest BCUT2D eigenvalue weighted by molar-refractivity contribution is -0.0679. The molecule has 0 bridgehead atoms. The number of nitrogens with one attached hydrogen (secondary N) is 2. The summed E-state index contributed by atoms with van der Waals surface area (Å²) in [4.78, 5) is 4.63. The zero-order valence-electron chi connectivity index (χ0n) is 15.0. The van der Waals surface area contributed by atoms with Gasteiger partial charge in [-0.3, -0.25) is 4.99 Å². The normalized spacial score (nSPS) is 26.9. The molecule has 2 unspecified atom stereocenters. The first-order chi connectivity index (χ1) is 12.3. The highest BCUT2D eigenvalue weighted by molar-refractivity contribution is 7.99. The summed E-state index contributed by atoms with van der Waals surface area (Å²) in [5.74, 6) is 4.17. The molecule has 1 aromatic heterocycles. The standard InChI is InChI=1S/C18H29N3O3S/c1-22-11-8-20-17(19-7-4-16-3-2-9-23-16)21-15-5-10-24-18(13-15)6-12-25-14-18/h2-3,9,15H,4-8,10-14H2,1H3,(H2,19,20,21). The van der Waals surface area contributed by atoms with Gasteiger partial charge in [0.15, 0.2) is 5.96 Å². The maximum absolute atomic E-state index is 6.11. The van der Waals surface area contributed by atoms with Gasteiger partial charge in [0.05, 0.1) is 25.0 Å². The summed E-state index contributed by atoms with van der Waals surface area (Å²) in [6.07, 6.45) is 5.80. The predicted molar refractivity (Wildman–Crippen MR) is 101 cm³/mol. The van der Waals surface area contributed by atoms with Gasteiger partial charge >= 0.3 is 0 Å². The van der Waals surface area contributed by atoms with Crippen LogP contribution in [0, 0.1) is 0 Å². The number of guanidine groups is 1. The molecule has 7 heteroatoms. The predicted octanol–water partition coefficient (Wildman–Crippen LogP) is 2.06. The molecule has 2 atom stereocenters. The Balaban J connectivity index is 1.52. The minimum Gasteiger partial charge on any atom is -0.469 e. The van der Waals surface area contributed by atoms with E-state index in [1.54, 1.807) is 13.4 Å². The highest BCUT2D eigenvalue weighted by atomic mass is 32.2. The molecule has 3 heterocycles.